The number of nitrogens with one attached hydrogen (secondary N) is 2. The highest BCUT2D eigenvalue weighted by molar-refractivity contribution is 5.97. The molecular weight excluding hydrogens is 454 g/mol. The summed E-state index contributed by atoms with van der Waals surface area (Å²) in [5.41, 5.74) is 5.40. The first-order valence-corrected chi connectivity index (χ1v) is 12.1. The third-order valence-corrected chi connectivity index (χ3v) is 6.06. The van der Waals surface area contributed by atoms with Gasteiger partial charge in [-0.2, -0.15) is 5.10 Å². The maximum absolute atomic E-state index is 13.1. The highest BCUT2D eigenvalue weighted by Crippen LogP contribution is 2.26. The van der Waals surface area contributed by atoms with E-state index in [4.69, 9.17) is 9.84 Å². The van der Waals surface area contributed by atoms with Crippen molar-refractivity contribution in [3.63, 3.8) is 0 Å². The van der Waals surface area contributed by atoms with Crippen molar-refractivity contribution in [1.29, 1.82) is 0 Å². The summed E-state index contributed by atoms with van der Waals surface area (Å²) in [7, 11) is 1.56. The number of aryl methyl sites for hydroxylation is 2. The molecule has 0 atom stereocenters. The summed E-state index contributed by atoms with van der Waals surface area (Å²) in [6, 6.07) is 15.2. The number of nitrogens with zero attached hydrogens (tertiary/aromatic N) is 3. The maximum Gasteiger partial charge on any atom is 0.322 e. The Kier molecular flexibility index (Phi) is 8.53. The Bertz CT molecular complexity index is 1210. The number of amides is 3. The van der Waals surface area contributed by atoms with Crippen molar-refractivity contribution in [2.45, 2.75) is 47.0 Å². The van der Waals surface area contributed by atoms with Gasteiger partial charge in [-0.3, -0.25) is 4.79 Å². The van der Waals surface area contributed by atoms with Gasteiger partial charge in [-0.25, -0.2) is 9.48 Å². The second-order valence-corrected chi connectivity index (χ2v) is 10.1. The molecule has 0 aliphatic rings. The second-order valence-electron chi connectivity index (χ2n) is 10.1. The molecule has 2 aromatic carbocycles. The van der Waals surface area contributed by atoms with Gasteiger partial charge in [0.15, 0.2) is 0 Å². The van der Waals surface area contributed by atoms with Crippen molar-refractivity contribution in [2.24, 2.45) is 0 Å². The summed E-state index contributed by atoms with van der Waals surface area (Å²) < 4.78 is 6.91. The quantitative estimate of drug-likeness (QED) is 0.453. The number of ether oxygens (including phenoxy) is 1. The lowest BCUT2D eigenvalue weighted by atomic mass is 9.92. The normalized spacial score (nSPS) is 11.3. The number of aromatic nitrogens is 2. The maximum atomic E-state index is 13.1. The van der Waals surface area contributed by atoms with Crippen LogP contribution in [0.5, 0.6) is 0 Å². The van der Waals surface area contributed by atoms with Gasteiger partial charge in [-0.15, -0.1) is 0 Å². The molecule has 0 aliphatic heterocycles. The minimum Gasteiger partial charge on any atom is -0.383 e. The molecule has 192 valence electrons. The van der Waals surface area contributed by atoms with Crippen molar-refractivity contribution in [1.82, 2.24) is 14.7 Å². The highest BCUT2D eigenvalue weighted by Gasteiger charge is 2.23. The molecule has 0 fully saturated rings. The Morgan fingerprint density at radius 1 is 1.03 bits per heavy atom. The van der Waals surface area contributed by atoms with Crippen molar-refractivity contribution in [2.75, 3.05) is 37.4 Å². The number of hydrogen-bond acceptors (Lipinski definition) is 4. The van der Waals surface area contributed by atoms with E-state index in [0.29, 0.717) is 12.4 Å². The molecule has 1 heterocycles. The van der Waals surface area contributed by atoms with Crippen LogP contribution in [0.25, 0.3) is 5.69 Å². The lowest BCUT2D eigenvalue weighted by Crippen LogP contribution is -2.42. The number of carbonyl (C=O) groups excluding carboxylic acids is 2. The van der Waals surface area contributed by atoms with Gasteiger partial charge >= 0.3 is 6.03 Å². The van der Waals surface area contributed by atoms with Crippen LogP contribution in [0.15, 0.2) is 48.5 Å². The van der Waals surface area contributed by atoms with Crippen LogP contribution < -0.4 is 10.6 Å². The van der Waals surface area contributed by atoms with Gasteiger partial charge in [0.2, 0.25) is 5.91 Å². The molecule has 0 bridgehead atoms. The van der Waals surface area contributed by atoms with E-state index < -0.39 is 0 Å². The second kappa shape index (κ2) is 11.4. The van der Waals surface area contributed by atoms with E-state index in [2.05, 4.69) is 31.4 Å². The molecular formula is C28H37N5O3. The molecule has 0 radical (unpaired) electrons. The van der Waals surface area contributed by atoms with Crippen LogP contribution in [-0.4, -0.2) is 53.4 Å². The minimum absolute atomic E-state index is 0.135. The number of hydrogen-bond donors (Lipinski definition) is 2. The average molecular weight is 492 g/mol. The Labute approximate surface area is 213 Å². The van der Waals surface area contributed by atoms with Crippen LogP contribution in [0.2, 0.25) is 0 Å². The predicted octanol–water partition coefficient (Wildman–Crippen LogP) is 5.21. The van der Waals surface area contributed by atoms with E-state index in [1.807, 2.05) is 69.3 Å². The smallest absolute Gasteiger partial charge is 0.322 e. The van der Waals surface area contributed by atoms with E-state index >= 15 is 0 Å². The summed E-state index contributed by atoms with van der Waals surface area (Å²) in [4.78, 5) is 27.7. The largest absolute Gasteiger partial charge is 0.383 e. The average Bonchev–Trinajstić information content (AvgIpc) is 3.24. The zero-order chi connectivity index (χ0) is 26.5. The number of benzene rings is 2. The zero-order valence-electron chi connectivity index (χ0n) is 22.3. The first-order valence-electron chi connectivity index (χ1n) is 12.1. The van der Waals surface area contributed by atoms with Gasteiger partial charge in [-0.1, -0.05) is 50.6 Å². The van der Waals surface area contributed by atoms with Crippen molar-refractivity contribution in [3.05, 3.63) is 70.9 Å². The van der Waals surface area contributed by atoms with E-state index in [1.54, 1.807) is 11.8 Å². The number of methoxy groups -OCH3 is 1. The van der Waals surface area contributed by atoms with Crippen LogP contribution in [0, 0.1) is 20.8 Å². The van der Waals surface area contributed by atoms with Crippen molar-refractivity contribution < 1.29 is 14.3 Å². The lowest BCUT2D eigenvalue weighted by Gasteiger charge is -2.23. The molecule has 0 saturated carbocycles. The van der Waals surface area contributed by atoms with Crippen molar-refractivity contribution >= 4 is 23.4 Å². The van der Waals surface area contributed by atoms with E-state index in [1.165, 1.54) is 4.90 Å². The van der Waals surface area contributed by atoms with Gasteiger partial charge in [-0.05, 0) is 50.1 Å². The summed E-state index contributed by atoms with van der Waals surface area (Å²) in [6.45, 7) is 12.6. The number of anilines is 2. The monoisotopic (exact) mass is 491 g/mol. The van der Waals surface area contributed by atoms with Crippen LogP contribution in [0.3, 0.4) is 0 Å². The summed E-state index contributed by atoms with van der Waals surface area (Å²) in [6.07, 6.45) is 0. The molecule has 8 heteroatoms. The Hall–Kier alpha value is -3.65. The lowest BCUT2D eigenvalue weighted by molar-refractivity contribution is -0.116. The van der Waals surface area contributed by atoms with Crippen LogP contribution in [0.4, 0.5) is 16.3 Å². The van der Waals surface area contributed by atoms with Gasteiger partial charge in [0, 0.05) is 30.8 Å². The van der Waals surface area contributed by atoms with Crippen molar-refractivity contribution in [3.8, 4) is 5.69 Å². The fraction of sp³-hybridized carbons (Fsp3) is 0.393. The van der Waals surface area contributed by atoms with E-state index in [0.717, 1.165) is 33.8 Å². The van der Waals surface area contributed by atoms with E-state index in [-0.39, 0.29) is 30.4 Å². The number of carbonyl (C=O) groups is 2. The summed E-state index contributed by atoms with van der Waals surface area (Å²) >= 11 is 0. The molecule has 1 aromatic heterocycles. The third kappa shape index (κ3) is 6.73. The molecule has 0 aliphatic carbocycles. The fourth-order valence-corrected chi connectivity index (χ4v) is 3.61. The third-order valence-electron chi connectivity index (χ3n) is 6.06. The molecule has 0 spiro atoms. The van der Waals surface area contributed by atoms with Gasteiger partial charge < -0.3 is 20.3 Å². The molecule has 36 heavy (non-hydrogen) atoms. The predicted molar refractivity (Wildman–Crippen MR) is 144 cm³/mol. The zero-order valence-corrected chi connectivity index (χ0v) is 22.3. The van der Waals surface area contributed by atoms with Gasteiger partial charge in [0.1, 0.15) is 12.4 Å². The van der Waals surface area contributed by atoms with Crippen LogP contribution >= 0.6 is 0 Å². The van der Waals surface area contributed by atoms with E-state index in [9.17, 15) is 9.59 Å². The molecule has 3 aromatic rings. The molecule has 0 unspecified atom stereocenters. The molecule has 2 N–H and O–H groups in total. The topological polar surface area (TPSA) is 88.5 Å². The first kappa shape index (κ1) is 26.9. The van der Waals surface area contributed by atoms with Gasteiger partial charge in [0.25, 0.3) is 0 Å². The molecule has 0 saturated heterocycles. The standard InChI is InChI=1S/C28H37N5O3/c1-19-11-13-22(14-12-19)33-25(17-24(31-33)28(4,5)6)30-26(34)18-32(15-16-36-7)27(35)29-23-10-8-9-20(2)21(23)3/h8-14,17H,15-16,18H2,1-7H3,(H,29,35)(H,30,34). The number of urea groups is 1. The molecule has 8 nitrogen and oxygen atoms in total. The first-order chi connectivity index (χ1) is 17.0. The summed E-state index contributed by atoms with van der Waals surface area (Å²) in [5, 5.41) is 10.7. The van der Waals surface area contributed by atoms with Crippen LogP contribution in [-0.2, 0) is 14.9 Å². The molecule has 3 amide bonds. The number of rotatable bonds is 8. The fourth-order valence-electron chi connectivity index (χ4n) is 3.61. The Morgan fingerprint density at radius 3 is 2.36 bits per heavy atom. The SMILES string of the molecule is COCCN(CC(=O)Nc1cc(C(C)(C)C)nn1-c1ccc(C)cc1)C(=O)Nc1cccc(C)c1C. The van der Waals surface area contributed by atoms with Crippen LogP contribution in [0.1, 0.15) is 43.2 Å². The highest BCUT2D eigenvalue weighted by atomic mass is 16.5. The Morgan fingerprint density at radius 2 is 1.72 bits per heavy atom. The minimum atomic E-state index is -0.363. The summed E-state index contributed by atoms with van der Waals surface area (Å²) in [5.74, 6) is 0.228. The molecule has 3 rings (SSSR count). The Balaban J connectivity index is 1.81. The van der Waals surface area contributed by atoms with Gasteiger partial charge in [0.05, 0.1) is 18.0 Å².